The van der Waals surface area contributed by atoms with Gasteiger partial charge in [0, 0.05) is 18.4 Å². The highest BCUT2D eigenvalue weighted by atomic mass is 35.5. The molecule has 0 amide bonds. The van der Waals surface area contributed by atoms with Gasteiger partial charge in [-0.2, -0.15) is 0 Å². The Balaban J connectivity index is 2.17. The SMILES string of the molecule is Cc1cccc(C(N)Cc2ccncc2Cl)c1. The summed E-state index contributed by atoms with van der Waals surface area (Å²) in [4.78, 5) is 3.97. The Morgan fingerprint density at radius 2 is 2.18 bits per heavy atom. The first-order chi connectivity index (χ1) is 8.16. The molecule has 0 saturated heterocycles. The number of nitrogens with zero attached hydrogens (tertiary/aromatic N) is 1. The van der Waals surface area contributed by atoms with Gasteiger partial charge in [0.2, 0.25) is 0 Å². The van der Waals surface area contributed by atoms with E-state index in [1.807, 2.05) is 18.2 Å². The molecule has 2 aromatic rings. The average Bonchev–Trinajstić information content (AvgIpc) is 2.32. The molecule has 0 fully saturated rings. The first kappa shape index (κ1) is 12.1. The van der Waals surface area contributed by atoms with Gasteiger partial charge in [0.05, 0.1) is 5.02 Å². The number of hydrogen-bond acceptors (Lipinski definition) is 2. The second kappa shape index (κ2) is 5.30. The minimum absolute atomic E-state index is 0.0326. The summed E-state index contributed by atoms with van der Waals surface area (Å²) in [5.74, 6) is 0. The molecule has 0 bridgehead atoms. The van der Waals surface area contributed by atoms with Gasteiger partial charge in [-0.05, 0) is 30.5 Å². The molecule has 1 atom stereocenters. The van der Waals surface area contributed by atoms with Crippen LogP contribution in [0.5, 0.6) is 0 Å². The van der Waals surface area contributed by atoms with E-state index in [9.17, 15) is 0 Å². The second-order valence-electron chi connectivity index (χ2n) is 4.19. The molecule has 1 aromatic carbocycles. The van der Waals surface area contributed by atoms with Crippen LogP contribution in [0.1, 0.15) is 22.7 Å². The molecule has 0 aliphatic rings. The van der Waals surface area contributed by atoms with Crippen LogP contribution < -0.4 is 5.73 Å². The van der Waals surface area contributed by atoms with Crippen LogP contribution in [0.4, 0.5) is 0 Å². The lowest BCUT2D eigenvalue weighted by Gasteiger charge is -2.13. The van der Waals surface area contributed by atoms with Crippen LogP contribution in [0, 0.1) is 6.92 Å². The Bertz CT molecular complexity index is 511. The van der Waals surface area contributed by atoms with Crippen LogP contribution in [0.3, 0.4) is 0 Å². The van der Waals surface area contributed by atoms with E-state index >= 15 is 0 Å². The van der Waals surface area contributed by atoms with E-state index in [0.717, 1.165) is 17.5 Å². The van der Waals surface area contributed by atoms with Crippen molar-refractivity contribution in [2.75, 3.05) is 0 Å². The summed E-state index contributed by atoms with van der Waals surface area (Å²) in [5.41, 5.74) is 9.58. The fraction of sp³-hybridized carbons (Fsp3) is 0.214. The largest absolute Gasteiger partial charge is 0.324 e. The van der Waals surface area contributed by atoms with Gasteiger partial charge in [-0.25, -0.2) is 0 Å². The molecule has 1 heterocycles. The summed E-state index contributed by atoms with van der Waals surface area (Å²) in [6.07, 6.45) is 4.12. The van der Waals surface area contributed by atoms with Gasteiger partial charge in [0.15, 0.2) is 0 Å². The predicted octanol–water partition coefficient (Wildman–Crippen LogP) is 3.29. The van der Waals surface area contributed by atoms with Crippen molar-refractivity contribution in [2.45, 2.75) is 19.4 Å². The van der Waals surface area contributed by atoms with Crippen molar-refractivity contribution in [2.24, 2.45) is 5.73 Å². The molecule has 0 spiro atoms. The monoisotopic (exact) mass is 246 g/mol. The third-order valence-electron chi connectivity index (χ3n) is 2.77. The van der Waals surface area contributed by atoms with Crippen LogP contribution in [-0.2, 0) is 6.42 Å². The van der Waals surface area contributed by atoms with Crippen molar-refractivity contribution in [3.05, 3.63) is 64.4 Å². The van der Waals surface area contributed by atoms with E-state index in [4.69, 9.17) is 17.3 Å². The zero-order chi connectivity index (χ0) is 12.3. The van der Waals surface area contributed by atoms with Crippen molar-refractivity contribution < 1.29 is 0 Å². The molecule has 0 saturated carbocycles. The third-order valence-corrected chi connectivity index (χ3v) is 3.11. The van der Waals surface area contributed by atoms with Crippen LogP contribution in [-0.4, -0.2) is 4.98 Å². The van der Waals surface area contributed by atoms with Crippen LogP contribution in [0.2, 0.25) is 5.02 Å². The molecule has 17 heavy (non-hydrogen) atoms. The molecule has 0 aliphatic carbocycles. The molecular weight excluding hydrogens is 232 g/mol. The van der Waals surface area contributed by atoms with Crippen LogP contribution in [0.15, 0.2) is 42.7 Å². The van der Waals surface area contributed by atoms with E-state index in [0.29, 0.717) is 5.02 Å². The normalized spacial score (nSPS) is 12.4. The van der Waals surface area contributed by atoms with E-state index in [1.165, 1.54) is 5.56 Å². The van der Waals surface area contributed by atoms with Crippen molar-refractivity contribution >= 4 is 11.6 Å². The quantitative estimate of drug-likeness (QED) is 0.903. The molecule has 0 radical (unpaired) electrons. The zero-order valence-corrected chi connectivity index (χ0v) is 10.5. The summed E-state index contributed by atoms with van der Waals surface area (Å²) >= 11 is 6.07. The van der Waals surface area contributed by atoms with Crippen molar-refractivity contribution in [1.29, 1.82) is 0 Å². The molecule has 3 heteroatoms. The summed E-state index contributed by atoms with van der Waals surface area (Å²) in [6, 6.07) is 10.1. The minimum atomic E-state index is -0.0326. The standard InChI is InChI=1S/C14H15ClN2/c1-10-3-2-4-12(7-10)14(16)8-11-5-6-17-9-13(11)15/h2-7,9,14H,8,16H2,1H3. The number of aromatic nitrogens is 1. The summed E-state index contributed by atoms with van der Waals surface area (Å²) in [6.45, 7) is 2.07. The summed E-state index contributed by atoms with van der Waals surface area (Å²) < 4.78 is 0. The van der Waals surface area contributed by atoms with Gasteiger partial charge in [0.25, 0.3) is 0 Å². The maximum Gasteiger partial charge on any atom is 0.0622 e. The molecule has 1 unspecified atom stereocenters. The smallest absolute Gasteiger partial charge is 0.0622 e. The lowest BCUT2D eigenvalue weighted by Crippen LogP contribution is -2.13. The van der Waals surface area contributed by atoms with Gasteiger partial charge >= 0.3 is 0 Å². The topological polar surface area (TPSA) is 38.9 Å². The van der Waals surface area contributed by atoms with E-state index in [-0.39, 0.29) is 6.04 Å². The number of benzene rings is 1. The van der Waals surface area contributed by atoms with Gasteiger partial charge in [0.1, 0.15) is 0 Å². The van der Waals surface area contributed by atoms with Gasteiger partial charge in [-0.15, -0.1) is 0 Å². The average molecular weight is 247 g/mol. The van der Waals surface area contributed by atoms with Crippen molar-refractivity contribution in [3.63, 3.8) is 0 Å². The highest BCUT2D eigenvalue weighted by Crippen LogP contribution is 2.21. The number of halogens is 1. The lowest BCUT2D eigenvalue weighted by atomic mass is 9.99. The molecule has 0 aliphatic heterocycles. The maximum atomic E-state index is 6.19. The highest BCUT2D eigenvalue weighted by Gasteiger charge is 2.09. The van der Waals surface area contributed by atoms with Gasteiger partial charge in [-0.1, -0.05) is 41.4 Å². The second-order valence-corrected chi connectivity index (χ2v) is 4.60. The number of rotatable bonds is 3. The number of hydrogen-bond donors (Lipinski definition) is 1. The Morgan fingerprint density at radius 3 is 2.88 bits per heavy atom. The fourth-order valence-electron chi connectivity index (χ4n) is 1.83. The maximum absolute atomic E-state index is 6.19. The van der Waals surface area contributed by atoms with Gasteiger partial charge < -0.3 is 5.73 Å². The molecule has 88 valence electrons. The lowest BCUT2D eigenvalue weighted by molar-refractivity contribution is 0.720. The Morgan fingerprint density at radius 1 is 1.35 bits per heavy atom. The van der Waals surface area contributed by atoms with Crippen molar-refractivity contribution in [1.82, 2.24) is 4.98 Å². The van der Waals surface area contributed by atoms with E-state index in [2.05, 4.69) is 24.0 Å². The van der Waals surface area contributed by atoms with E-state index in [1.54, 1.807) is 12.4 Å². The molecule has 1 aromatic heterocycles. The first-order valence-electron chi connectivity index (χ1n) is 5.57. The predicted molar refractivity (Wildman–Crippen MR) is 71.1 cm³/mol. The molecular formula is C14H15ClN2. The summed E-state index contributed by atoms with van der Waals surface area (Å²) in [7, 11) is 0. The fourth-order valence-corrected chi connectivity index (χ4v) is 2.02. The van der Waals surface area contributed by atoms with Crippen LogP contribution >= 0.6 is 11.6 Å². The zero-order valence-electron chi connectivity index (χ0n) is 9.73. The Kier molecular flexibility index (Phi) is 3.77. The Hall–Kier alpha value is -1.38. The molecule has 2 nitrogen and oxygen atoms in total. The highest BCUT2D eigenvalue weighted by molar-refractivity contribution is 6.31. The van der Waals surface area contributed by atoms with E-state index < -0.39 is 0 Å². The molecule has 2 N–H and O–H groups in total. The summed E-state index contributed by atoms with van der Waals surface area (Å²) in [5, 5.41) is 0.676. The first-order valence-corrected chi connectivity index (χ1v) is 5.95. The number of aryl methyl sites for hydroxylation is 1. The third kappa shape index (κ3) is 3.05. The van der Waals surface area contributed by atoms with Crippen LogP contribution in [0.25, 0.3) is 0 Å². The molecule has 2 rings (SSSR count). The van der Waals surface area contributed by atoms with Crippen molar-refractivity contribution in [3.8, 4) is 0 Å². The minimum Gasteiger partial charge on any atom is -0.324 e. The Labute approximate surface area is 106 Å². The number of nitrogens with two attached hydrogens (primary N) is 1. The van der Waals surface area contributed by atoms with Gasteiger partial charge in [-0.3, -0.25) is 4.98 Å². The number of pyridine rings is 1.